The second-order valence-corrected chi connectivity index (χ2v) is 9.34. The molecule has 1 N–H and O–H groups in total. The quantitative estimate of drug-likeness (QED) is 0.710. The van der Waals surface area contributed by atoms with Crippen LogP contribution in [0.4, 0.5) is 5.69 Å². The van der Waals surface area contributed by atoms with Crippen molar-refractivity contribution in [2.45, 2.75) is 30.6 Å². The van der Waals surface area contributed by atoms with E-state index in [1.165, 1.54) is 38.5 Å². The molecule has 0 aromatic heterocycles. The van der Waals surface area contributed by atoms with Crippen LogP contribution in [0.2, 0.25) is 5.02 Å². The van der Waals surface area contributed by atoms with Crippen molar-refractivity contribution in [3.8, 4) is 11.5 Å². The van der Waals surface area contributed by atoms with E-state index in [4.69, 9.17) is 21.1 Å². The van der Waals surface area contributed by atoms with Gasteiger partial charge in [-0.2, -0.15) is 4.31 Å². The van der Waals surface area contributed by atoms with Crippen LogP contribution in [-0.2, 0) is 10.0 Å². The summed E-state index contributed by atoms with van der Waals surface area (Å²) in [7, 11) is -0.612. The first-order chi connectivity index (χ1) is 14.4. The number of carbonyl (C=O) groups excluding carboxylic acids is 1. The van der Waals surface area contributed by atoms with Crippen molar-refractivity contribution in [1.82, 2.24) is 4.31 Å². The van der Waals surface area contributed by atoms with E-state index in [0.717, 1.165) is 25.7 Å². The van der Waals surface area contributed by atoms with Crippen molar-refractivity contribution in [2.75, 3.05) is 32.6 Å². The summed E-state index contributed by atoms with van der Waals surface area (Å²) in [6, 6.07) is 9.18. The molecule has 7 nitrogen and oxygen atoms in total. The molecule has 3 rings (SSSR count). The van der Waals surface area contributed by atoms with Crippen LogP contribution in [0, 0.1) is 0 Å². The molecule has 0 spiro atoms. The number of hydrogen-bond acceptors (Lipinski definition) is 5. The van der Waals surface area contributed by atoms with E-state index in [1.807, 2.05) is 0 Å². The lowest BCUT2D eigenvalue weighted by Gasteiger charge is -2.20. The molecule has 0 saturated carbocycles. The number of halogens is 1. The smallest absolute Gasteiger partial charge is 0.255 e. The second-order valence-electron chi connectivity index (χ2n) is 6.99. The summed E-state index contributed by atoms with van der Waals surface area (Å²) in [5.41, 5.74) is 0.764. The van der Waals surface area contributed by atoms with Crippen molar-refractivity contribution >= 4 is 33.2 Å². The van der Waals surface area contributed by atoms with Crippen molar-refractivity contribution in [3.63, 3.8) is 0 Å². The topological polar surface area (TPSA) is 84.9 Å². The number of nitrogens with one attached hydrogen (secondary N) is 1. The third-order valence-corrected chi connectivity index (χ3v) is 7.20. The van der Waals surface area contributed by atoms with E-state index in [0.29, 0.717) is 35.8 Å². The van der Waals surface area contributed by atoms with Crippen molar-refractivity contribution < 1.29 is 22.7 Å². The first-order valence-corrected chi connectivity index (χ1v) is 11.5. The largest absolute Gasteiger partial charge is 0.493 e. The van der Waals surface area contributed by atoms with Crippen LogP contribution in [0.5, 0.6) is 11.5 Å². The first kappa shape index (κ1) is 22.4. The molecule has 0 bridgehead atoms. The fraction of sp³-hybridized carbons (Fsp3) is 0.381. The summed E-state index contributed by atoms with van der Waals surface area (Å²) in [6.07, 6.45) is 3.86. The zero-order valence-corrected chi connectivity index (χ0v) is 18.6. The number of nitrogens with zero attached hydrogens (tertiary/aromatic N) is 1. The Bertz CT molecular complexity index is 1000. The van der Waals surface area contributed by atoms with Gasteiger partial charge < -0.3 is 14.8 Å². The minimum Gasteiger partial charge on any atom is -0.493 e. The Labute approximate surface area is 182 Å². The van der Waals surface area contributed by atoms with Gasteiger partial charge >= 0.3 is 0 Å². The molecule has 1 heterocycles. The van der Waals surface area contributed by atoms with Gasteiger partial charge in [0.15, 0.2) is 11.5 Å². The molecule has 0 atom stereocenters. The van der Waals surface area contributed by atoms with Gasteiger partial charge in [-0.15, -0.1) is 0 Å². The van der Waals surface area contributed by atoms with Gasteiger partial charge in [-0.05, 0) is 49.2 Å². The van der Waals surface area contributed by atoms with Crippen LogP contribution in [0.15, 0.2) is 41.3 Å². The second kappa shape index (κ2) is 9.68. The van der Waals surface area contributed by atoms with E-state index in [-0.39, 0.29) is 9.92 Å². The Kier molecular flexibility index (Phi) is 7.23. The monoisotopic (exact) mass is 452 g/mol. The highest BCUT2D eigenvalue weighted by atomic mass is 35.5. The predicted molar refractivity (Wildman–Crippen MR) is 116 cm³/mol. The summed E-state index contributed by atoms with van der Waals surface area (Å²) in [5.74, 6) is 0.286. The summed E-state index contributed by atoms with van der Waals surface area (Å²) >= 11 is 6.16. The molecule has 2 aromatic carbocycles. The highest BCUT2D eigenvalue weighted by Gasteiger charge is 2.25. The number of methoxy groups -OCH3 is 2. The number of sulfonamides is 1. The van der Waals surface area contributed by atoms with Gasteiger partial charge in [-0.3, -0.25) is 4.79 Å². The first-order valence-electron chi connectivity index (χ1n) is 9.70. The van der Waals surface area contributed by atoms with Crippen LogP contribution in [0.1, 0.15) is 36.0 Å². The lowest BCUT2D eigenvalue weighted by molar-refractivity contribution is 0.102. The third-order valence-electron chi connectivity index (χ3n) is 5.01. The minimum absolute atomic E-state index is 0.219. The highest BCUT2D eigenvalue weighted by Crippen LogP contribution is 2.36. The van der Waals surface area contributed by atoms with Crippen LogP contribution in [0.3, 0.4) is 0 Å². The van der Waals surface area contributed by atoms with Crippen molar-refractivity contribution in [2.24, 2.45) is 0 Å². The Hall–Kier alpha value is -2.29. The number of amides is 1. The Morgan fingerprint density at radius 2 is 1.63 bits per heavy atom. The zero-order chi connectivity index (χ0) is 21.7. The third kappa shape index (κ3) is 4.88. The maximum Gasteiger partial charge on any atom is 0.255 e. The zero-order valence-electron chi connectivity index (χ0n) is 17.0. The van der Waals surface area contributed by atoms with E-state index >= 15 is 0 Å². The SMILES string of the molecule is COc1cc(C(=O)Nc2ccc(S(=O)(=O)N3CCCCCC3)cc2)cc(Cl)c1OC. The van der Waals surface area contributed by atoms with E-state index in [9.17, 15) is 13.2 Å². The average Bonchev–Trinajstić information content (AvgIpc) is 3.03. The molecule has 162 valence electrons. The molecular formula is C21H25ClN2O5S. The molecule has 9 heteroatoms. The van der Waals surface area contributed by atoms with Gasteiger partial charge in [0, 0.05) is 24.3 Å². The fourth-order valence-corrected chi connectivity index (χ4v) is 5.20. The number of benzene rings is 2. The normalized spacial score (nSPS) is 15.3. The molecule has 1 fully saturated rings. The van der Waals surface area contributed by atoms with Gasteiger partial charge in [0.2, 0.25) is 10.0 Å². The summed E-state index contributed by atoms with van der Waals surface area (Å²) in [5, 5.41) is 2.99. The Morgan fingerprint density at radius 3 is 2.20 bits per heavy atom. The van der Waals surface area contributed by atoms with Crippen LogP contribution < -0.4 is 14.8 Å². The number of rotatable bonds is 6. The van der Waals surface area contributed by atoms with Crippen LogP contribution in [0.25, 0.3) is 0 Å². The molecule has 1 amide bonds. The minimum atomic E-state index is -3.53. The van der Waals surface area contributed by atoms with Crippen LogP contribution >= 0.6 is 11.6 Å². The fourth-order valence-electron chi connectivity index (χ4n) is 3.39. The predicted octanol–water partition coefficient (Wildman–Crippen LogP) is 4.17. The number of ether oxygens (including phenoxy) is 2. The van der Waals surface area contributed by atoms with Gasteiger partial charge in [0.25, 0.3) is 5.91 Å². The number of anilines is 1. The molecule has 30 heavy (non-hydrogen) atoms. The highest BCUT2D eigenvalue weighted by molar-refractivity contribution is 7.89. The Morgan fingerprint density at radius 1 is 1.00 bits per heavy atom. The summed E-state index contributed by atoms with van der Waals surface area (Å²) < 4.78 is 37.7. The molecule has 0 aliphatic carbocycles. The van der Waals surface area contributed by atoms with Gasteiger partial charge in [-0.1, -0.05) is 24.4 Å². The standard InChI is InChI=1S/C21H25ClN2O5S/c1-28-19-14-15(13-18(22)20(19)29-2)21(25)23-16-7-9-17(10-8-16)30(26,27)24-11-5-3-4-6-12-24/h7-10,13-14H,3-6,11-12H2,1-2H3,(H,23,25). The molecule has 1 aliphatic rings. The molecule has 1 aliphatic heterocycles. The van der Waals surface area contributed by atoms with E-state index in [2.05, 4.69) is 5.32 Å². The molecular weight excluding hydrogens is 428 g/mol. The molecule has 0 radical (unpaired) electrons. The lowest BCUT2D eigenvalue weighted by atomic mass is 10.1. The molecule has 0 unspecified atom stereocenters. The van der Waals surface area contributed by atoms with Crippen molar-refractivity contribution in [1.29, 1.82) is 0 Å². The van der Waals surface area contributed by atoms with Gasteiger partial charge in [-0.25, -0.2) is 8.42 Å². The van der Waals surface area contributed by atoms with E-state index in [1.54, 1.807) is 16.4 Å². The van der Waals surface area contributed by atoms with Crippen molar-refractivity contribution in [3.05, 3.63) is 47.0 Å². The lowest BCUT2D eigenvalue weighted by Crippen LogP contribution is -2.31. The van der Waals surface area contributed by atoms with Gasteiger partial charge in [0.1, 0.15) is 0 Å². The summed E-state index contributed by atoms with van der Waals surface area (Å²) in [6.45, 7) is 1.09. The van der Waals surface area contributed by atoms with Gasteiger partial charge in [0.05, 0.1) is 24.1 Å². The van der Waals surface area contributed by atoms with Crippen LogP contribution in [-0.4, -0.2) is 45.9 Å². The number of carbonyl (C=O) groups is 1. The average molecular weight is 453 g/mol. The van der Waals surface area contributed by atoms with E-state index < -0.39 is 15.9 Å². The molecule has 1 saturated heterocycles. The summed E-state index contributed by atoms with van der Waals surface area (Å²) in [4.78, 5) is 12.8. The number of hydrogen-bond donors (Lipinski definition) is 1. The maximum absolute atomic E-state index is 12.9. The maximum atomic E-state index is 12.9. The Balaban J connectivity index is 1.75. The molecule has 2 aromatic rings.